The zero-order valence-electron chi connectivity index (χ0n) is 21.2. The van der Waals surface area contributed by atoms with Crippen molar-refractivity contribution in [2.24, 2.45) is 4.99 Å². The van der Waals surface area contributed by atoms with Crippen molar-refractivity contribution in [1.29, 1.82) is 0 Å². The van der Waals surface area contributed by atoms with Crippen LogP contribution in [0.15, 0.2) is 76.6 Å². The van der Waals surface area contributed by atoms with E-state index in [0.29, 0.717) is 21.6 Å². The van der Waals surface area contributed by atoms with Crippen molar-refractivity contribution in [3.05, 3.63) is 88.6 Å². The second-order valence-corrected chi connectivity index (χ2v) is 9.82. The highest BCUT2D eigenvalue weighted by Crippen LogP contribution is 2.35. The predicted octanol–water partition coefficient (Wildman–Crippen LogP) is 5.48. The van der Waals surface area contributed by atoms with E-state index < -0.39 is 0 Å². The number of amidine groups is 1. The maximum absolute atomic E-state index is 13.1. The Morgan fingerprint density at radius 1 is 1.03 bits per heavy atom. The molecule has 9 heteroatoms. The number of methoxy groups -OCH3 is 1. The van der Waals surface area contributed by atoms with Crippen molar-refractivity contribution in [2.75, 3.05) is 45.4 Å². The van der Waals surface area contributed by atoms with Gasteiger partial charge in [-0.05, 0) is 77.5 Å². The summed E-state index contributed by atoms with van der Waals surface area (Å²) in [6, 6.07) is 19.7. The highest BCUT2D eigenvalue weighted by Gasteiger charge is 2.30. The molecule has 2 fully saturated rings. The Balaban J connectivity index is 1.28. The normalized spacial score (nSPS) is 17.9. The van der Waals surface area contributed by atoms with Gasteiger partial charge in [-0.3, -0.25) is 9.69 Å². The number of carbonyl (C=O) groups excluding carboxylic acids is 1. The summed E-state index contributed by atoms with van der Waals surface area (Å²) in [4.78, 5) is 22.1. The molecule has 0 radical (unpaired) electrons. The average Bonchev–Trinajstić information content (AvgIpc) is 3.21. The molecule has 3 aromatic rings. The molecule has 2 saturated heterocycles. The Hall–Kier alpha value is -3.82. The largest absolute Gasteiger partial charge is 0.493 e. The molecule has 1 amide bonds. The molecular weight excluding hydrogens is 505 g/mol. The third kappa shape index (κ3) is 6.00. The lowest BCUT2D eigenvalue weighted by Gasteiger charge is -2.28. The number of nitrogens with zero attached hydrogens (tertiary/aromatic N) is 3. The Morgan fingerprint density at radius 3 is 2.47 bits per heavy atom. The summed E-state index contributed by atoms with van der Waals surface area (Å²) >= 11 is 1.33. The first-order valence-corrected chi connectivity index (χ1v) is 13.1. The molecule has 0 aromatic heterocycles. The average molecular weight is 534 g/mol. The number of anilines is 1. The number of hydrogen-bond donors (Lipinski definition) is 0. The molecule has 0 atom stereocenters. The number of likely N-dealkylation sites (N-methyl/N-ethyl adjacent to an activating group) is 1. The third-order valence-corrected chi connectivity index (χ3v) is 7.31. The number of rotatable bonds is 7. The molecule has 5 rings (SSSR count). The second kappa shape index (κ2) is 11.7. The number of aliphatic imine (C=N–C) groups is 1. The summed E-state index contributed by atoms with van der Waals surface area (Å²) in [5.74, 6) is 0.696. The summed E-state index contributed by atoms with van der Waals surface area (Å²) in [5.41, 5.74) is 3.57. The number of hydrogen-bond acceptors (Lipinski definition) is 7. The van der Waals surface area contributed by atoms with Crippen LogP contribution < -0.4 is 14.4 Å². The zero-order chi connectivity index (χ0) is 26.5. The first kappa shape index (κ1) is 25.8. The van der Waals surface area contributed by atoms with E-state index in [0.717, 1.165) is 48.8 Å². The van der Waals surface area contributed by atoms with E-state index in [-0.39, 0.29) is 18.3 Å². The van der Waals surface area contributed by atoms with Crippen LogP contribution in [0.3, 0.4) is 0 Å². The van der Waals surface area contributed by atoms with Crippen molar-refractivity contribution in [1.82, 2.24) is 4.90 Å². The van der Waals surface area contributed by atoms with E-state index in [1.807, 2.05) is 30.3 Å². The highest BCUT2D eigenvalue weighted by atomic mass is 32.2. The molecule has 0 saturated carbocycles. The Bertz CT molecular complexity index is 1350. The van der Waals surface area contributed by atoms with Crippen molar-refractivity contribution in [2.45, 2.75) is 6.61 Å². The van der Waals surface area contributed by atoms with Crippen LogP contribution in [0.2, 0.25) is 0 Å². The Labute approximate surface area is 225 Å². The summed E-state index contributed by atoms with van der Waals surface area (Å²) < 4.78 is 29.9. The Morgan fingerprint density at radius 2 is 1.76 bits per heavy atom. The summed E-state index contributed by atoms with van der Waals surface area (Å²) in [6.45, 7) is 3.51. The molecule has 2 aliphatic rings. The fourth-order valence-electron chi connectivity index (χ4n) is 4.11. The number of amides is 1. The van der Waals surface area contributed by atoms with Gasteiger partial charge in [-0.1, -0.05) is 18.2 Å². The maximum Gasteiger partial charge on any atom is 0.266 e. The number of halogens is 1. The molecular formula is C29H28FN3O4S. The van der Waals surface area contributed by atoms with Gasteiger partial charge in [0.15, 0.2) is 16.7 Å². The van der Waals surface area contributed by atoms with Gasteiger partial charge in [-0.2, -0.15) is 0 Å². The van der Waals surface area contributed by atoms with E-state index in [1.54, 1.807) is 37.3 Å². The highest BCUT2D eigenvalue weighted by molar-refractivity contribution is 8.18. The standard InChI is InChI=1S/C29H28FN3O4S/c1-32-28(34)27(38-29(32)31-23-8-10-24(11-9-23)33-13-15-36-16-14-33)18-21-5-12-25(26(17-21)35-2)37-19-20-3-6-22(30)7-4-20/h3-12,17-18H,13-16,19H2,1-2H3/b27-18-,31-29?. The van der Waals surface area contributed by atoms with Gasteiger partial charge in [0.25, 0.3) is 5.91 Å². The maximum atomic E-state index is 13.1. The van der Waals surface area contributed by atoms with Crippen molar-refractivity contribution >= 4 is 40.3 Å². The molecule has 0 spiro atoms. The Kier molecular flexibility index (Phi) is 7.95. The second-order valence-electron chi connectivity index (χ2n) is 8.81. The van der Waals surface area contributed by atoms with Gasteiger partial charge in [0.2, 0.25) is 0 Å². The van der Waals surface area contributed by atoms with E-state index in [4.69, 9.17) is 19.2 Å². The van der Waals surface area contributed by atoms with Crippen LogP contribution in [0.1, 0.15) is 11.1 Å². The zero-order valence-corrected chi connectivity index (χ0v) is 22.0. The van der Waals surface area contributed by atoms with Crippen LogP contribution in [0.25, 0.3) is 6.08 Å². The first-order valence-electron chi connectivity index (χ1n) is 12.2. The van der Waals surface area contributed by atoms with Gasteiger partial charge in [-0.25, -0.2) is 9.38 Å². The number of morpholine rings is 1. The van der Waals surface area contributed by atoms with Crippen LogP contribution in [-0.4, -0.2) is 56.4 Å². The summed E-state index contributed by atoms with van der Waals surface area (Å²) in [6.07, 6.45) is 1.82. The number of carbonyl (C=O) groups is 1. The molecule has 3 aromatic carbocycles. The first-order chi connectivity index (χ1) is 18.5. The molecule has 0 unspecified atom stereocenters. The van der Waals surface area contributed by atoms with Crippen LogP contribution >= 0.6 is 11.8 Å². The minimum Gasteiger partial charge on any atom is -0.493 e. The SMILES string of the molecule is COc1cc(/C=C2\SC(=Nc3ccc(N4CCOCC4)cc3)N(C)C2=O)ccc1OCc1ccc(F)cc1. The van der Waals surface area contributed by atoms with Gasteiger partial charge < -0.3 is 19.1 Å². The van der Waals surface area contributed by atoms with Gasteiger partial charge in [0.1, 0.15) is 12.4 Å². The molecule has 7 nitrogen and oxygen atoms in total. The lowest BCUT2D eigenvalue weighted by molar-refractivity contribution is -0.121. The van der Waals surface area contributed by atoms with Crippen LogP contribution in [0.4, 0.5) is 15.8 Å². The molecule has 2 aliphatic heterocycles. The summed E-state index contributed by atoms with van der Waals surface area (Å²) in [5, 5.41) is 0.617. The lowest BCUT2D eigenvalue weighted by Crippen LogP contribution is -2.36. The predicted molar refractivity (Wildman–Crippen MR) is 149 cm³/mol. The van der Waals surface area contributed by atoms with Gasteiger partial charge >= 0.3 is 0 Å². The van der Waals surface area contributed by atoms with Crippen LogP contribution in [0, 0.1) is 5.82 Å². The van der Waals surface area contributed by atoms with E-state index in [2.05, 4.69) is 17.0 Å². The van der Waals surface area contributed by atoms with Crippen LogP contribution in [0.5, 0.6) is 11.5 Å². The quantitative estimate of drug-likeness (QED) is 0.375. The molecule has 0 bridgehead atoms. The van der Waals surface area contributed by atoms with Crippen molar-refractivity contribution in [3.8, 4) is 11.5 Å². The van der Waals surface area contributed by atoms with E-state index in [1.165, 1.54) is 23.9 Å². The van der Waals surface area contributed by atoms with Gasteiger partial charge in [-0.15, -0.1) is 0 Å². The molecule has 0 N–H and O–H groups in total. The topological polar surface area (TPSA) is 63.6 Å². The fraction of sp³-hybridized carbons (Fsp3) is 0.241. The number of thioether (sulfide) groups is 1. The van der Waals surface area contributed by atoms with Gasteiger partial charge in [0, 0.05) is 25.8 Å². The minimum absolute atomic E-state index is 0.116. The lowest BCUT2D eigenvalue weighted by atomic mass is 10.2. The van der Waals surface area contributed by atoms with Crippen molar-refractivity contribution in [3.63, 3.8) is 0 Å². The fourth-order valence-corrected chi connectivity index (χ4v) is 5.09. The van der Waals surface area contributed by atoms with Crippen molar-refractivity contribution < 1.29 is 23.4 Å². The van der Waals surface area contributed by atoms with Crippen LogP contribution in [-0.2, 0) is 16.1 Å². The minimum atomic E-state index is -0.288. The number of ether oxygens (including phenoxy) is 3. The van der Waals surface area contributed by atoms with Gasteiger partial charge in [0.05, 0.1) is 30.9 Å². The molecule has 196 valence electrons. The third-order valence-electron chi connectivity index (χ3n) is 6.25. The summed E-state index contributed by atoms with van der Waals surface area (Å²) in [7, 11) is 3.29. The van der Waals surface area contributed by atoms with E-state index in [9.17, 15) is 9.18 Å². The van der Waals surface area contributed by atoms with E-state index >= 15 is 0 Å². The number of benzene rings is 3. The molecule has 0 aliphatic carbocycles. The molecule has 2 heterocycles. The smallest absolute Gasteiger partial charge is 0.266 e. The molecule has 38 heavy (non-hydrogen) atoms. The monoisotopic (exact) mass is 533 g/mol.